The minimum absolute atomic E-state index is 0.132. The van der Waals surface area contributed by atoms with Gasteiger partial charge in [-0.25, -0.2) is 4.98 Å². The van der Waals surface area contributed by atoms with E-state index in [4.69, 9.17) is 0 Å². The van der Waals surface area contributed by atoms with Gasteiger partial charge in [-0.2, -0.15) is 0 Å². The highest BCUT2D eigenvalue weighted by atomic mass is 16.2. The molecule has 2 atom stereocenters. The van der Waals surface area contributed by atoms with Crippen molar-refractivity contribution < 1.29 is 9.59 Å². The number of carbonyl (C=O) groups is 2. The highest BCUT2D eigenvalue weighted by Gasteiger charge is 2.42. The molecule has 0 radical (unpaired) electrons. The van der Waals surface area contributed by atoms with Crippen LogP contribution in [0.5, 0.6) is 0 Å². The first-order chi connectivity index (χ1) is 8.54. The summed E-state index contributed by atoms with van der Waals surface area (Å²) >= 11 is 0. The number of nitrogens with one attached hydrogen (secondary N) is 1. The van der Waals surface area contributed by atoms with Crippen LogP contribution in [-0.2, 0) is 16.1 Å². The molecule has 0 spiro atoms. The van der Waals surface area contributed by atoms with E-state index in [-0.39, 0.29) is 30.2 Å². The number of hydrogen-bond acceptors (Lipinski definition) is 5. The summed E-state index contributed by atoms with van der Waals surface area (Å²) in [6, 6.07) is 0. The number of amides is 2. The van der Waals surface area contributed by atoms with Crippen LogP contribution in [0.2, 0.25) is 0 Å². The summed E-state index contributed by atoms with van der Waals surface area (Å²) in [4.78, 5) is 33.3. The molecule has 96 valence electrons. The Morgan fingerprint density at radius 3 is 2.22 bits per heavy atom. The molecule has 0 aliphatic carbocycles. The second-order valence-electron chi connectivity index (χ2n) is 4.48. The van der Waals surface area contributed by atoms with Gasteiger partial charge in [-0.15, -0.1) is 0 Å². The molecule has 0 saturated carbocycles. The van der Waals surface area contributed by atoms with E-state index in [1.165, 1.54) is 4.90 Å². The fraction of sp³-hybridized carbons (Fsp3) is 0.500. The lowest BCUT2D eigenvalue weighted by atomic mass is 10.00. The Labute approximate surface area is 105 Å². The monoisotopic (exact) mass is 248 g/mol. The molecule has 1 aliphatic heterocycles. The second kappa shape index (κ2) is 4.72. The van der Waals surface area contributed by atoms with E-state index >= 15 is 0 Å². The van der Waals surface area contributed by atoms with Crippen molar-refractivity contribution in [3.05, 3.63) is 18.1 Å². The first kappa shape index (κ1) is 12.5. The predicted molar refractivity (Wildman–Crippen MR) is 65.5 cm³/mol. The maximum Gasteiger partial charge on any atom is 0.233 e. The molecule has 18 heavy (non-hydrogen) atoms. The van der Waals surface area contributed by atoms with Gasteiger partial charge in [-0.05, 0) is 0 Å². The van der Waals surface area contributed by atoms with Gasteiger partial charge in [0.15, 0.2) is 0 Å². The van der Waals surface area contributed by atoms with Gasteiger partial charge in [-0.1, -0.05) is 13.8 Å². The molecule has 2 rings (SSSR count). The number of aromatic nitrogens is 2. The highest BCUT2D eigenvalue weighted by Crippen LogP contribution is 2.26. The summed E-state index contributed by atoms with van der Waals surface area (Å²) in [6.07, 6.45) is 3.15. The molecule has 1 aromatic rings. The molecule has 2 heterocycles. The minimum atomic E-state index is -0.248. The van der Waals surface area contributed by atoms with Gasteiger partial charge in [0.2, 0.25) is 11.8 Å². The number of likely N-dealkylation sites (tertiary alicyclic amines) is 1. The van der Waals surface area contributed by atoms with Crippen LogP contribution in [0, 0.1) is 11.8 Å². The van der Waals surface area contributed by atoms with Crippen molar-refractivity contribution in [1.82, 2.24) is 14.9 Å². The smallest absolute Gasteiger partial charge is 0.233 e. The van der Waals surface area contributed by atoms with Crippen molar-refractivity contribution in [1.29, 1.82) is 0 Å². The molecule has 1 aromatic heterocycles. The minimum Gasteiger partial charge on any atom is -0.372 e. The van der Waals surface area contributed by atoms with Crippen LogP contribution in [0.25, 0.3) is 0 Å². The molecule has 1 saturated heterocycles. The van der Waals surface area contributed by atoms with Crippen molar-refractivity contribution in [2.24, 2.45) is 11.8 Å². The summed E-state index contributed by atoms with van der Waals surface area (Å²) in [5.41, 5.74) is 0.608. The highest BCUT2D eigenvalue weighted by molar-refractivity contribution is 6.04. The maximum atomic E-state index is 11.9. The average molecular weight is 248 g/mol. The molecular weight excluding hydrogens is 232 g/mol. The van der Waals surface area contributed by atoms with Crippen molar-refractivity contribution in [2.75, 3.05) is 12.4 Å². The summed E-state index contributed by atoms with van der Waals surface area (Å²) in [5.74, 6) is -0.109. The normalized spacial score (nSPS) is 23.6. The van der Waals surface area contributed by atoms with Crippen LogP contribution in [0.4, 0.5) is 5.82 Å². The Kier molecular flexibility index (Phi) is 3.27. The van der Waals surface area contributed by atoms with Gasteiger partial charge in [0, 0.05) is 18.9 Å². The zero-order valence-electron chi connectivity index (χ0n) is 10.7. The van der Waals surface area contributed by atoms with E-state index in [0.717, 1.165) is 0 Å². The summed E-state index contributed by atoms with van der Waals surface area (Å²) in [7, 11) is 1.75. The molecule has 0 bridgehead atoms. The summed E-state index contributed by atoms with van der Waals surface area (Å²) in [5, 5.41) is 2.86. The van der Waals surface area contributed by atoms with Gasteiger partial charge < -0.3 is 5.32 Å². The van der Waals surface area contributed by atoms with Crippen LogP contribution in [-0.4, -0.2) is 33.7 Å². The van der Waals surface area contributed by atoms with Crippen molar-refractivity contribution in [2.45, 2.75) is 20.4 Å². The number of carbonyl (C=O) groups excluding carboxylic acids is 2. The topological polar surface area (TPSA) is 75.2 Å². The van der Waals surface area contributed by atoms with Gasteiger partial charge in [0.25, 0.3) is 0 Å². The number of hydrogen-bond donors (Lipinski definition) is 1. The van der Waals surface area contributed by atoms with Gasteiger partial charge in [-0.3, -0.25) is 19.5 Å². The lowest BCUT2D eigenvalue weighted by molar-refractivity contribution is -0.140. The Balaban J connectivity index is 2.13. The van der Waals surface area contributed by atoms with Gasteiger partial charge in [0.05, 0.1) is 24.6 Å². The lowest BCUT2D eigenvalue weighted by Gasteiger charge is -2.13. The van der Waals surface area contributed by atoms with Crippen LogP contribution >= 0.6 is 0 Å². The zero-order chi connectivity index (χ0) is 13.3. The summed E-state index contributed by atoms with van der Waals surface area (Å²) < 4.78 is 0. The standard InChI is InChI=1S/C12H16N4O2/c1-7-8(2)12(18)16(11(7)17)6-9-4-15-10(13-3)5-14-9/h4-5,7-8H,6H2,1-3H3,(H,13,15). The fourth-order valence-corrected chi connectivity index (χ4v) is 1.91. The van der Waals surface area contributed by atoms with E-state index in [2.05, 4.69) is 15.3 Å². The van der Waals surface area contributed by atoms with Crippen LogP contribution in [0.15, 0.2) is 12.4 Å². The lowest BCUT2D eigenvalue weighted by Crippen LogP contribution is -2.30. The van der Waals surface area contributed by atoms with Gasteiger partial charge in [0.1, 0.15) is 5.82 Å². The molecule has 6 heteroatoms. The predicted octanol–water partition coefficient (Wildman–Crippen LogP) is 0.659. The van der Waals surface area contributed by atoms with E-state index in [0.29, 0.717) is 11.5 Å². The van der Waals surface area contributed by atoms with Crippen molar-refractivity contribution in [3.8, 4) is 0 Å². The molecular formula is C12H16N4O2. The quantitative estimate of drug-likeness (QED) is 0.795. The third-order valence-corrected chi connectivity index (χ3v) is 3.34. The van der Waals surface area contributed by atoms with E-state index in [1.807, 2.05) is 0 Å². The van der Waals surface area contributed by atoms with Crippen LogP contribution in [0.3, 0.4) is 0 Å². The Morgan fingerprint density at radius 1 is 1.17 bits per heavy atom. The van der Waals surface area contributed by atoms with E-state index < -0.39 is 0 Å². The Bertz CT molecular complexity index is 451. The number of anilines is 1. The number of rotatable bonds is 3. The second-order valence-corrected chi connectivity index (χ2v) is 4.48. The first-order valence-corrected chi connectivity index (χ1v) is 5.88. The SMILES string of the molecule is CNc1cnc(CN2C(=O)C(C)C(C)C2=O)cn1. The zero-order valence-corrected chi connectivity index (χ0v) is 10.7. The molecule has 1 fully saturated rings. The fourth-order valence-electron chi connectivity index (χ4n) is 1.91. The Morgan fingerprint density at radius 2 is 1.78 bits per heavy atom. The molecule has 1 aliphatic rings. The number of imide groups is 1. The molecule has 1 N–H and O–H groups in total. The Hall–Kier alpha value is -1.98. The van der Waals surface area contributed by atoms with Crippen LogP contribution < -0.4 is 5.32 Å². The van der Waals surface area contributed by atoms with E-state index in [1.54, 1.807) is 33.3 Å². The first-order valence-electron chi connectivity index (χ1n) is 5.88. The van der Waals surface area contributed by atoms with Crippen LogP contribution in [0.1, 0.15) is 19.5 Å². The molecule has 6 nitrogen and oxygen atoms in total. The third kappa shape index (κ3) is 2.05. The van der Waals surface area contributed by atoms with Crippen molar-refractivity contribution >= 4 is 17.6 Å². The summed E-state index contributed by atoms with van der Waals surface area (Å²) in [6.45, 7) is 3.75. The molecule has 2 amide bonds. The third-order valence-electron chi connectivity index (χ3n) is 3.34. The molecule has 2 unspecified atom stereocenters. The van der Waals surface area contributed by atoms with Crippen molar-refractivity contribution in [3.63, 3.8) is 0 Å². The van der Waals surface area contributed by atoms with E-state index in [9.17, 15) is 9.59 Å². The van der Waals surface area contributed by atoms with Gasteiger partial charge >= 0.3 is 0 Å². The largest absolute Gasteiger partial charge is 0.372 e. The molecule has 0 aromatic carbocycles. The number of nitrogens with zero attached hydrogens (tertiary/aromatic N) is 3. The maximum absolute atomic E-state index is 11.9. The average Bonchev–Trinajstić information content (AvgIpc) is 2.57.